The van der Waals surface area contributed by atoms with Crippen molar-refractivity contribution in [2.75, 3.05) is 6.54 Å². The first kappa shape index (κ1) is 50.6. The highest BCUT2D eigenvalue weighted by atomic mass is 16.7. The highest BCUT2D eigenvalue weighted by Crippen LogP contribution is 2.66. The summed E-state index contributed by atoms with van der Waals surface area (Å²) in [6.45, 7) is 13.8. The second-order valence-electron chi connectivity index (χ2n) is 19.5. The van der Waals surface area contributed by atoms with Crippen LogP contribution < -0.4 is 26.8 Å². The van der Waals surface area contributed by atoms with E-state index in [1.54, 1.807) is 12.1 Å². The van der Waals surface area contributed by atoms with Gasteiger partial charge in [-0.15, -0.1) is 0 Å². The van der Waals surface area contributed by atoms with Crippen LogP contribution in [0.5, 0.6) is 5.75 Å². The molecule has 1 aliphatic heterocycles. The lowest BCUT2D eigenvalue weighted by atomic mass is 9.43. The van der Waals surface area contributed by atoms with Crippen LogP contribution >= 0.6 is 0 Å². The van der Waals surface area contributed by atoms with E-state index in [2.05, 4.69) is 62.6 Å². The van der Waals surface area contributed by atoms with Crippen molar-refractivity contribution in [1.82, 2.24) is 10.6 Å². The molecule has 1 saturated heterocycles. The van der Waals surface area contributed by atoms with E-state index >= 15 is 0 Å². The molecule has 7 N–H and O–H groups in total. The van der Waals surface area contributed by atoms with Gasteiger partial charge < -0.3 is 41.3 Å². The summed E-state index contributed by atoms with van der Waals surface area (Å²) in [6, 6.07) is 12.8. The number of hydrogen-bond acceptors (Lipinski definition) is 11. The second kappa shape index (κ2) is 22.2. The number of esters is 1. The third-order valence-electron chi connectivity index (χ3n) is 14.1. The number of unbranched alkanes of at least 4 members (excludes halogenated alkanes) is 2. The lowest BCUT2D eigenvalue weighted by Gasteiger charge is -2.64. The van der Waals surface area contributed by atoms with Gasteiger partial charge in [0.1, 0.15) is 11.8 Å². The van der Waals surface area contributed by atoms with Gasteiger partial charge in [-0.3, -0.25) is 28.8 Å². The molecular formula is C49H71BN4O10. The molecule has 1 heterocycles. The number of nitrogens with one attached hydrogen (secondary N) is 2. The SMILES string of the molecule is CCCCc1ccc(-c2ccc(OC(=O)C[C@@H](CCCCN)C(=O)N[C@H](C(=O)C[C@@H](C)C(=O)N[C@@H](CC(N)=O)C(=O)C[C@@H](C)B3OC4C[C@@H]5C[C@@H](C5(C)C)[C@]4(C)O3)C(C)O)cc2)cc1. The molecule has 2 bridgehead atoms. The first-order chi connectivity index (χ1) is 30.3. The van der Waals surface area contributed by atoms with Gasteiger partial charge in [-0.05, 0) is 111 Å². The minimum absolute atomic E-state index is 0.0485. The fourth-order valence-corrected chi connectivity index (χ4v) is 9.92. The molecule has 3 amide bonds. The summed E-state index contributed by atoms with van der Waals surface area (Å²) in [6.07, 6.45) is 4.08. The van der Waals surface area contributed by atoms with E-state index in [9.17, 15) is 33.9 Å². The van der Waals surface area contributed by atoms with Crippen molar-refractivity contribution in [3.63, 3.8) is 0 Å². The van der Waals surface area contributed by atoms with Crippen LogP contribution in [0.2, 0.25) is 5.82 Å². The molecule has 0 radical (unpaired) electrons. The van der Waals surface area contributed by atoms with E-state index < -0.39 is 90.8 Å². The molecule has 0 aromatic heterocycles. The van der Waals surface area contributed by atoms with E-state index in [0.29, 0.717) is 37.0 Å². The summed E-state index contributed by atoms with van der Waals surface area (Å²) in [7, 11) is -0.629. The average Bonchev–Trinajstić information content (AvgIpc) is 3.62. The molecule has 14 nitrogen and oxygen atoms in total. The number of aryl methyl sites for hydroxylation is 1. The number of carbonyl (C=O) groups is 6. The fourth-order valence-electron chi connectivity index (χ4n) is 9.92. The van der Waals surface area contributed by atoms with Crippen molar-refractivity contribution in [1.29, 1.82) is 0 Å². The molecule has 3 aliphatic carbocycles. The Morgan fingerprint density at radius 2 is 1.50 bits per heavy atom. The predicted molar refractivity (Wildman–Crippen MR) is 244 cm³/mol. The van der Waals surface area contributed by atoms with Crippen LogP contribution in [0.3, 0.4) is 0 Å². The van der Waals surface area contributed by atoms with Gasteiger partial charge in [0, 0.05) is 24.7 Å². The van der Waals surface area contributed by atoms with Crippen LogP contribution in [0, 0.1) is 29.1 Å². The molecule has 0 spiro atoms. The fraction of sp³-hybridized carbons (Fsp3) is 0.633. The molecule has 2 aromatic rings. The lowest BCUT2D eigenvalue weighted by molar-refractivity contribution is -0.199. The zero-order valence-corrected chi connectivity index (χ0v) is 38.9. The van der Waals surface area contributed by atoms with E-state index in [1.807, 2.05) is 19.1 Å². The zero-order chi connectivity index (χ0) is 46.9. The van der Waals surface area contributed by atoms with Gasteiger partial charge in [0.05, 0.1) is 36.7 Å². The number of primary amides is 1. The minimum atomic E-state index is -1.40. The van der Waals surface area contributed by atoms with Crippen molar-refractivity contribution < 1.29 is 47.9 Å². The Labute approximate surface area is 379 Å². The number of amides is 3. The molecule has 4 fully saturated rings. The molecule has 350 valence electrons. The topological polar surface area (TPSA) is 226 Å². The average molecular weight is 887 g/mol. The molecule has 3 saturated carbocycles. The summed E-state index contributed by atoms with van der Waals surface area (Å²) in [4.78, 5) is 79.7. The van der Waals surface area contributed by atoms with Crippen molar-refractivity contribution in [3.05, 3.63) is 54.1 Å². The maximum absolute atomic E-state index is 13.7. The number of rotatable bonds is 25. The summed E-state index contributed by atoms with van der Waals surface area (Å²) >= 11 is 0. The summed E-state index contributed by atoms with van der Waals surface area (Å²) in [5, 5.41) is 15.9. The third kappa shape index (κ3) is 12.5. The molecule has 2 unspecified atom stereocenters. The molecule has 15 heteroatoms. The van der Waals surface area contributed by atoms with Crippen LogP contribution in [0.1, 0.15) is 125 Å². The van der Waals surface area contributed by atoms with Crippen LogP contribution in [-0.4, -0.2) is 83.9 Å². The van der Waals surface area contributed by atoms with Crippen molar-refractivity contribution in [2.45, 2.75) is 161 Å². The Morgan fingerprint density at radius 3 is 2.09 bits per heavy atom. The van der Waals surface area contributed by atoms with Gasteiger partial charge in [0.2, 0.25) is 17.7 Å². The van der Waals surface area contributed by atoms with Crippen LogP contribution in [0.15, 0.2) is 48.5 Å². The lowest BCUT2D eigenvalue weighted by Crippen LogP contribution is -2.65. The highest BCUT2D eigenvalue weighted by Gasteiger charge is 2.68. The molecule has 4 aliphatic rings. The van der Waals surface area contributed by atoms with Crippen molar-refractivity contribution >= 4 is 42.4 Å². The van der Waals surface area contributed by atoms with E-state index in [4.69, 9.17) is 25.5 Å². The number of aliphatic hydroxyl groups is 1. The Morgan fingerprint density at radius 1 is 0.844 bits per heavy atom. The third-order valence-corrected chi connectivity index (χ3v) is 14.1. The normalized spacial score (nSPS) is 23.6. The standard InChI is InChI=1S/C49H71BN4O10/c1-8-9-12-32-14-16-33(17-15-32)34-18-20-37(21-19-34)62-44(59)25-35(13-10-11-22-51)47(61)54-45(31(4)55)40(57)23-29(2)46(60)53-38(28-43(52)58)39(56)24-30(3)50-63-42-27-36-26-41(48(36,5)6)49(42,7)64-50/h14-21,29-31,35-36,38,41-42,45,55H,8-13,22-28,51H2,1-7H3,(H2,52,58)(H,53,60)(H,54,61)/t29-,30-,31?,35-,36+,38+,41+,42?,45+,49+/m1/s1. The Hall–Kier alpha value is -4.44. The quantitative estimate of drug-likeness (QED) is 0.0355. The number of carbonyl (C=O) groups excluding carboxylic acids is 6. The van der Waals surface area contributed by atoms with Gasteiger partial charge in [0.15, 0.2) is 11.6 Å². The summed E-state index contributed by atoms with van der Waals surface area (Å²) in [5.74, 6) is -4.88. The maximum atomic E-state index is 13.7. The Bertz CT molecular complexity index is 1960. The summed E-state index contributed by atoms with van der Waals surface area (Å²) < 4.78 is 18.5. The second-order valence-corrected chi connectivity index (χ2v) is 19.5. The number of nitrogens with two attached hydrogens (primary N) is 2. The number of hydrogen-bond donors (Lipinski definition) is 5. The Balaban J connectivity index is 1.14. The molecular weight excluding hydrogens is 815 g/mol. The monoisotopic (exact) mass is 887 g/mol. The smallest absolute Gasteiger partial charge is 0.427 e. The molecule has 10 atom stereocenters. The predicted octanol–water partition coefficient (Wildman–Crippen LogP) is 5.64. The number of ketones is 2. The summed E-state index contributed by atoms with van der Waals surface area (Å²) in [5.41, 5.74) is 14.2. The van der Waals surface area contributed by atoms with Crippen LogP contribution in [0.4, 0.5) is 0 Å². The van der Waals surface area contributed by atoms with E-state index in [-0.39, 0.29) is 36.6 Å². The minimum Gasteiger partial charge on any atom is -0.427 e. The zero-order valence-electron chi connectivity index (χ0n) is 38.9. The molecule has 2 aromatic carbocycles. The first-order valence-corrected chi connectivity index (χ1v) is 23.3. The van der Waals surface area contributed by atoms with Gasteiger partial charge in [-0.25, -0.2) is 0 Å². The largest absolute Gasteiger partial charge is 0.461 e. The van der Waals surface area contributed by atoms with E-state index in [0.717, 1.165) is 43.2 Å². The van der Waals surface area contributed by atoms with Crippen molar-refractivity contribution in [3.8, 4) is 16.9 Å². The number of Topliss-reactive ketones (excluding diaryl/α,β-unsaturated/α-hetero) is 2. The Kier molecular flexibility index (Phi) is 17.5. The van der Waals surface area contributed by atoms with Crippen molar-refractivity contribution in [2.24, 2.45) is 40.6 Å². The van der Waals surface area contributed by atoms with Gasteiger partial charge in [-0.2, -0.15) is 0 Å². The highest BCUT2D eigenvalue weighted by molar-refractivity contribution is 6.47. The van der Waals surface area contributed by atoms with Gasteiger partial charge >= 0.3 is 13.1 Å². The number of benzene rings is 2. The molecule has 64 heavy (non-hydrogen) atoms. The van der Waals surface area contributed by atoms with E-state index in [1.165, 1.54) is 19.4 Å². The van der Waals surface area contributed by atoms with Crippen LogP contribution in [0.25, 0.3) is 11.1 Å². The van der Waals surface area contributed by atoms with Gasteiger partial charge in [0.25, 0.3) is 0 Å². The first-order valence-electron chi connectivity index (χ1n) is 23.3. The number of ether oxygens (including phenoxy) is 1. The van der Waals surface area contributed by atoms with Crippen LogP contribution in [-0.2, 0) is 44.5 Å². The van der Waals surface area contributed by atoms with Gasteiger partial charge in [-0.1, -0.05) is 83.9 Å². The number of aliphatic hydroxyl groups excluding tert-OH is 1. The maximum Gasteiger partial charge on any atom is 0.461 e. The molecule has 6 rings (SSSR count).